The number of aliphatic hydroxyl groups excluding tert-OH is 2. The van der Waals surface area contributed by atoms with Gasteiger partial charge < -0.3 is 20.2 Å². The van der Waals surface area contributed by atoms with Crippen LogP contribution in [0.4, 0.5) is 0 Å². The van der Waals surface area contributed by atoms with Crippen LogP contribution in [0.5, 0.6) is 0 Å². The molecule has 0 spiro atoms. The van der Waals surface area contributed by atoms with Crippen molar-refractivity contribution < 1.29 is 24.9 Å². The molecule has 2 aliphatic rings. The number of aliphatic hydroxyl groups is 2. The fraction of sp³-hybridized carbons (Fsp3) is 0.400. The molecule has 0 unspecified atom stereocenters. The lowest BCUT2D eigenvalue weighted by atomic mass is 9.83. The Morgan fingerprint density at radius 2 is 2.29 bits per heavy atom. The maximum atomic E-state index is 12.3. The highest BCUT2D eigenvalue weighted by Gasteiger charge is 2.57. The Labute approximate surface area is 140 Å². The number of hydrogen-bond donors (Lipinski definition) is 3. The quantitative estimate of drug-likeness (QED) is 0.684. The number of nitrogens with zero attached hydrogens (tertiary/aromatic N) is 3. The van der Waals surface area contributed by atoms with Crippen molar-refractivity contribution in [3.8, 4) is 0 Å². The second-order valence-electron chi connectivity index (χ2n) is 6.02. The maximum Gasteiger partial charge on any atom is 0.352 e. The predicted octanol–water partition coefficient (Wildman–Crippen LogP) is 0.295. The molecular weight excluding hydrogens is 334 g/mol. The number of thiazole rings is 1. The molecule has 0 saturated carbocycles. The van der Waals surface area contributed by atoms with Crippen LogP contribution in [0.25, 0.3) is 10.4 Å². The number of aliphatic carboxylic acids is 1. The van der Waals surface area contributed by atoms with Gasteiger partial charge in [-0.05, 0) is 13.3 Å². The number of aromatic nitrogens is 2. The van der Waals surface area contributed by atoms with Crippen LogP contribution < -0.4 is 0 Å². The molecule has 24 heavy (non-hydrogen) atoms. The van der Waals surface area contributed by atoms with Gasteiger partial charge in [-0.15, -0.1) is 11.3 Å². The Morgan fingerprint density at radius 3 is 2.92 bits per heavy atom. The summed E-state index contributed by atoms with van der Waals surface area (Å²) in [7, 11) is 0. The Morgan fingerprint density at radius 1 is 1.54 bits per heavy atom. The van der Waals surface area contributed by atoms with Gasteiger partial charge in [0.2, 0.25) is 5.91 Å². The van der Waals surface area contributed by atoms with Gasteiger partial charge in [-0.2, -0.15) is 0 Å². The molecule has 0 bridgehead atoms. The minimum absolute atomic E-state index is 0.0472. The van der Waals surface area contributed by atoms with Crippen LogP contribution >= 0.6 is 11.3 Å². The number of carboxylic acids is 1. The number of hydrogen-bond acceptors (Lipinski definition) is 6. The first kappa shape index (κ1) is 15.3. The molecule has 2 aromatic rings. The average molecular weight is 349 g/mol. The minimum atomic E-state index is -1.18. The first-order valence-corrected chi connectivity index (χ1v) is 8.29. The lowest BCUT2D eigenvalue weighted by Gasteiger charge is -2.44. The summed E-state index contributed by atoms with van der Waals surface area (Å²) in [5, 5.41) is 29.1. The molecule has 0 aliphatic carbocycles. The average Bonchev–Trinajstić information content (AvgIpc) is 3.15. The van der Waals surface area contributed by atoms with Crippen molar-refractivity contribution >= 4 is 33.6 Å². The minimum Gasteiger partial charge on any atom is -0.477 e. The van der Waals surface area contributed by atoms with E-state index in [1.807, 2.05) is 0 Å². The summed E-state index contributed by atoms with van der Waals surface area (Å²) in [5.74, 6) is -2.12. The van der Waals surface area contributed by atoms with Gasteiger partial charge in [-0.25, -0.2) is 9.78 Å². The largest absolute Gasteiger partial charge is 0.477 e. The fourth-order valence-electron chi connectivity index (χ4n) is 3.69. The SMILES string of the molecule is C[C@@H](O)[C@H]1C(=O)N2C(C(=O)O)=C(c3sc4cncn4c3CO)C[C@H]12. The van der Waals surface area contributed by atoms with Gasteiger partial charge in [-0.3, -0.25) is 9.20 Å². The first-order chi connectivity index (χ1) is 11.5. The smallest absolute Gasteiger partial charge is 0.352 e. The Kier molecular flexibility index (Phi) is 3.27. The van der Waals surface area contributed by atoms with Crippen molar-refractivity contribution in [3.63, 3.8) is 0 Å². The molecule has 2 aromatic heterocycles. The van der Waals surface area contributed by atoms with E-state index >= 15 is 0 Å². The number of imidazole rings is 1. The van der Waals surface area contributed by atoms with E-state index in [0.29, 0.717) is 22.6 Å². The second-order valence-corrected chi connectivity index (χ2v) is 7.05. The summed E-state index contributed by atoms with van der Waals surface area (Å²) in [5.41, 5.74) is 1.04. The van der Waals surface area contributed by atoms with Crippen molar-refractivity contribution in [2.45, 2.75) is 32.1 Å². The third kappa shape index (κ3) is 1.83. The van der Waals surface area contributed by atoms with Crippen molar-refractivity contribution in [1.82, 2.24) is 14.3 Å². The summed E-state index contributed by atoms with van der Waals surface area (Å²) >= 11 is 1.34. The van der Waals surface area contributed by atoms with Gasteiger partial charge in [0.25, 0.3) is 0 Å². The first-order valence-electron chi connectivity index (χ1n) is 7.48. The van der Waals surface area contributed by atoms with Crippen molar-refractivity contribution in [3.05, 3.63) is 28.8 Å². The van der Waals surface area contributed by atoms with E-state index in [-0.39, 0.29) is 24.3 Å². The van der Waals surface area contributed by atoms with Gasteiger partial charge in [0, 0.05) is 5.57 Å². The summed E-state index contributed by atoms with van der Waals surface area (Å²) in [6, 6.07) is -0.343. The van der Waals surface area contributed by atoms with Crippen LogP contribution in [-0.2, 0) is 16.2 Å². The van der Waals surface area contributed by atoms with E-state index in [1.165, 1.54) is 16.2 Å². The van der Waals surface area contributed by atoms with Crippen LogP contribution in [0.3, 0.4) is 0 Å². The zero-order valence-corrected chi connectivity index (χ0v) is 13.5. The van der Waals surface area contributed by atoms with E-state index in [9.17, 15) is 24.9 Å². The Balaban J connectivity index is 1.86. The molecule has 126 valence electrons. The number of carbonyl (C=O) groups is 2. The third-order valence-corrected chi connectivity index (χ3v) is 5.92. The topological polar surface area (TPSA) is 115 Å². The summed E-state index contributed by atoms with van der Waals surface area (Å²) in [6.07, 6.45) is 2.73. The molecule has 0 aromatic carbocycles. The second kappa shape index (κ2) is 5.13. The van der Waals surface area contributed by atoms with Crippen molar-refractivity contribution in [2.75, 3.05) is 0 Å². The van der Waals surface area contributed by atoms with E-state index in [1.54, 1.807) is 23.8 Å². The molecule has 3 atom stereocenters. The number of carbonyl (C=O) groups excluding carboxylic acids is 1. The summed E-state index contributed by atoms with van der Waals surface area (Å²) in [6.45, 7) is 1.28. The van der Waals surface area contributed by atoms with Crippen LogP contribution in [0.15, 0.2) is 18.2 Å². The predicted molar refractivity (Wildman–Crippen MR) is 84.0 cm³/mol. The van der Waals surface area contributed by atoms with Crippen molar-refractivity contribution in [2.24, 2.45) is 5.92 Å². The molecule has 8 nitrogen and oxygen atoms in total. The summed E-state index contributed by atoms with van der Waals surface area (Å²) < 4.78 is 1.72. The molecule has 4 heterocycles. The zero-order valence-electron chi connectivity index (χ0n) is 12.7. The van der Waals surface area contributed by atoms with Crippen LogP contribution in [0.1, 0.15) is 23.9 Å². The van der Waals surface area contributed by atoms with Crippen molar-refractivity contribution in [1.29, 1.82) is 0 Å². The number of rotatable bonds is 4. The fourth-order valence-corrected chi connectivity index (χ4v) is 4.85. The Bertz CT molecular complexity index is 896. The van der Waals surface area contributed by atoms with E-state index in [4.69, 9.17) is 0 Å². The summed E-state index contributed by atoms with van der Waals surface area (Å²) in [4.78, 5) is 30.7. The van der Waals surface area contributed by atoms with E-state index in [2.05, 4.69) is 4.98 Å². The standard InChI is InChI=1S/C15H15N3O5S/c1-6(20)11-8-2-7(12(15(22)23)18(8)14(11)21)13-9(4-19)17-5-16-3-10(17)24-13/h3,5-6,8,11,19-20H,2,4H2,1H3,(H,22,23)/t6-,8-,11-/m1/s1. The maximum absolute atomic E-state index is 12.3. The van der Waals surface area contributed by atoms with Gasteiger partial charge in [-0.1, -0.05) is 0 Å². The molecule has 1 amide bonds. The number of carboxylic acid groups (broad SMARTS) is 1. The zero-order chi connectivity index (χ0) is 17.2. The number of β-lactam (4-membered cyclic amide) rings is 1. The molecular formula is C15H15N3O5S. The lowest BCUT2D eigenvalue weighted by Crippen LogP contribution is -2.61. The molecule has 1 fully saturated rings. The van der Waals surface area contributed by atoms with Crippen LogP contribution in [0.2, 0.25) is 0 Å². The molecule has 0 radical (unpaired) electrons. The third-order valence-electron chi connectivity index (χ3n) is 4.72. The highest BCUT2D eigenvalue weighted by Crippen LogP contribution is 2.48. The molecule has 3 N–H and O–H groups in total. The van der Waals surface area contributed by atoms with Gasteiger partial charge in [0.05, 0.1) is 41.4 Å². The molecule has 9 heteroatoms. The van der Waals surface area contributed by atoms with E-state index < -0.39 is 18.0 Å². The number of amides is 1. The molecule has 4 rings (SSSR count). The van der Waals surface area contributed by atoms with Crippen LogP contribution in [0, 0.1) is 5.92 Å². The van der Waals surface area contributed by atoms with E-state index in [0.717, 1.165) is 4.83 Å². The van der Waals surface area contributed by atoms with Gasteiger partial charge in [0.15, 0.2) is 0 Å². The highest BCUT2D eigenvalue weighted by molar-refractivity contribution is 7.18. The van der Waals surface area contributed by atoms with Gasteiger partial charge >= 0.3 is 5.97 Å². The Hall–Kier alpha value is -2.23. The van der Waals surface area contributed by atoms with Crippen LogP contribution in [-0.4, -0.2) is 53.6 Å². The highest BCUT2D eigenvalue weighted by atomic mass is 32.1. The monoisotopic (exact) mass is 349 g/mol. The molecule has 2 aliphatic heterocycles. The molecule has 1 saturated heterocycles. The lowest BCUT2D eigenvalue weighted by molar-refractivity contribution is -0.161. The number of fused-ring (bicyclic) bond motifs is 2. The normalized spacial score (nSPS) is 24.5. The van der Waals surface area contributed by atoms with Gasteiger partial charge in [0.1, 0.15) is 16.9 Å².